The van der Waals surface area contributed by atoms with Gasteiger partial charge in [-0.2, -0.15) is 0 Å². The average Bonchev–Trinajstić information content (AvgIpc) is 1.53. The van der Waals surface area contributed by atoms with Crippen LogP contribution in [-0.4, -0.2) is 38.2 Å². The van der Waals surface area contributed by atoms with Crippen molar-refractivity contribution in [3.05, 3.63) is 461 Å². The summed E-state index contributed by atoms with van der Waals surface area (Å²) < 4.78 is 9.93. The molecule has 628 valence electrons. The maximum Gasteiger partial charge on any atom is 0.0980 e. The highest BCUT2D eigenvalue weighted by atomic mass is 15.0. The first-order valence-electron chi connectivity index (χ1n) is 46.6. The van der Waals surface area contributed by atoms with Crippen molar-refractivity contribution < 1.29 is 0 Å². The lowest BCUT2D eigenvalue weighted by molar-refractivity contribution is 1.16. The maximum absolute atomic E-state index is 5.60. The summed E-state index contributed by atoms with van der Waals surface area (Å²) in [5.74, 6) is 0. The number of benzene rings is 24. The molecule has 0 atom stereocenters. The van der Waals surface area contributed by atoms with Crippen LogP contribution in [0.1, 0.15) is 0 Å². The molecular weight excluding hydrogens is 1650 g/mol. The highest BCUT2D eigenvalue weighted by Crippen LogP contribution is 2.49. The number of para-hydroxylation sites is 6. The zero-order valence-electron chi connectivity index (χ0n) is 73.5. The van der Waals surface area contributed by atoms with E-state index in [1.165, 1.54) is 146 Å². The van der Waals surface area contributed by atoms with E-state index in [9.17, 15) is 0 Å². The molecule has 0 aliphatic rings. The normalized spacial score (nSPS) is 12.1. The molecule has 30 aromatic rings. The summed E-state index contributed by atoms with van der Waals surface area (Å²) in [6.07, 6.45) is 0. The van der Waals surface area contributed by atoms with Gasteiger partial charge in [-0.25, -0.2) is 19.9 Å². The molecule has 6 aromatic heterocycles. The highest BCUT2D eigenvalue weighted by Gasteiger charge is 2.28. The Bertz CT molecular complexity index is 10400. The fourth-order valence-electron chi connectivity index (χ4n) is 22.7. The third-order valence-corrected chi connectivity index (χ3v) is 28.8. The Balaban J connectivity index is 0.000000132. The standard InChI is InChI=1S/2C64H38N4/c1-2-17-41-36-60-54(34-40(41)16-1)52-32-30-44(68-59-28-14-11-25-51(59)53-31-29-39-15-3-8-22-48(39)64(53)68)38-61(52)67(60)45-33-42-18-4-7-21-47(42)56(37-45)63-62(65-57-26-12-13-27-58(57)66-63)55-35-43-19-5-6-20-46(43)49-23-9-10-24-50(49)55;1-2-16-42-37-60-55(36-41(42)15-1)52-34-31-45(67-58-25-10-7-19-51(58)54-33-29-40-14-4-6-18-48(40)64(54)67)38-61(52)68(60)59-26-12-20-49-50(59)21-11-22-53(49)63-62(65-56-23-8-9-24-57(56)66-63)44-30-32-47-43(35-44)28-27-39-13-3-5-17-46(39)47/h2*1-38H. The van der Waals surface area contributed by atoms with Crippen molar-refractivity contribution in [2.45, 2.75) is 0 Å². The summed E-state index contributed by atoms with van der Waals surface area (Å²) >= 11 is 0. The second kappa shape index (κ2) is 29.6. The average molecular weight is 1730 g/mol. The van der Waals surface area contributed by atoms with Gasteiger partial charge in [-0.1, -0.05) is 346 Å². The molecule has 24 aromatic carbocycles. The monoisotopic (exact) mass is 1720 g/mol. The lowest BCUT2D eigenvalue weighted by atomic mass is 9.92. The van der Waals surface area contributed by atoms with Crippen molar-refractivity contribution in [1.29, 1.82) is 0 Å². The van der Waals surface area contributed by atoms with E-state index in [1.54, 1.807) is 0 Å². The van der Waals surface area contributed by atoms with Gasteiger partial charge in [0.05, 0.1) is 94.7 Å². The molecule has 0 bridgehead atoms. The Hall–Kier alpha value is -18.2. The van der Waals surface area contributed by atoms with Crippen LogP contribution >= 0.6 is 0 Å². The fourth-order valence-corrected chi connectivity index (χ4v) is 22.7. The predicted octanol–water partition coefficient (Wildman–Crippen LogP) is 33.8. The van der Waals surface area contributed by atoms with Gasteiger partial charge in [-0.05, 0) is 207 Å². The van der Waals surface area contributed by atoms with Gasteiger partial charge in [0.15, 0.2) is 0 Å². The summed E-state index contributed by atoms with van der Waals surface area (Å²) in [6, 6.07) is 168. The summed E-state index contributed by atoms with van der Waals surface area (Å²) in [6.45, 7) is 0. The quantitative estimate of drug-likeness (QED) is 0.142. The number of hydrogen-bond acceptors (Lipinski definition) is 4. The maximum atomic E-state index is 5.60. The Kier molecular flexibility index (Phi) is 16.5. The Morgan fingerprint density at radius 3 is 1.06 bits per heavy atom. The van der Waals surface area contributed by atoms with Crippen LogP contribution in [0.5, 0.6) is 0 Å². The molecule has 0 unspecified atom stereocenters. The predicted molar refractivity (Wildman–Crippen MR) is 573 cm³/mol. The molecule has 8 heteroatoms. The van der Waals surface area contributed by atoms with E-state index in [0.717, 1.165) is 139 Å². The third-order valence-electron chi connectivity index (χ3n) is 28.8. The van der Waals surface area contributed by atoms with E-state index in [2.05, 4.69) is 467 Å². The van der Waals surface area contributed by atoms with E-state index >= 15 is 0 Å². The van der Waals surface area contributed by atoms with Crippen LogP contribution in [0, 0.1) is 0 Å². The van der Waals surface area contributed by atoms with Crippen molar-refractivity contribution in [3.63, 3.8) is 0 Å². The summed E-state index contributed by atoms with van der Waals surface area (Å²) in [5.41, 5.74) is 24.9. The van der Waals surface area contributed by atoms with E-state index in [-0.39, 0.29) is 0 Å². The number of aromatic nitrogens is 8. The first kappa shape index (κ1) is 75.6. The molecule has 8 nitrogen and oxygen atoms in total. The molecule has 0 aliphatic carbocycles. The molecule has 0 saturated heterocycles. The topological polar surface area (TPSA) is 71.3 Å². The van der Waals surface area contributed by atoms with E-state index in [4.69, 9.17) is 19.9 Å². The van der Waals surface area contributed by atoms with Gasteiger partial charge in [0.1, 0.15) is 0 Å². The lowest BCUT2D eigenvalue weighted by Crippen LogP contribution is -2.00. The van der Waals surface area contributed by atoms with Gasteiger partial charge in [0.25, 0.3) is 0 Å². The second-order valence-electron chi connectivity index (χ2n) is 36.2. The Labute approximate surface area is 778 Å². The van der Waals surface area contributed by atoms with E-state index < -0.39 is 0 Å². The zero-order chi connectivity index (χ0) is 88.9. The summed E-state index contributed by atoms with van der Waals surface area (Å²) in [5, 5.41) is 33.7. The molecule has 136 heavy (non-hydrogen) atoms. The molecule has 30 rings (SSSR count). The van der Waals surface area contributed by atoms with Crippen LogP contribution < -0.4 is 0 Å². The van der Waals surface area contributed by atoms with Crippen LogP contribution in [0.25, 0.3) is 285 Å². The third kappa shape index (κ3) is 11.5. The summed E-state index contributed by atoms with van der Waals surface area (Å²) in [7, 11) is 0. The van der Waals surface area contributed by atoms with Gasteiger partial charge in [0, 0.05) is 98.6 Å². The van der Waals surface area contributed by atoms with Crippen LogP contribution in [0.2, 0.25) is 0 Å². The zero-order valence-corrected chi connectivity index (χ0v) is 73.5. The molecular formula is C128H76N8. The molecule has 0 saturated carbocycles. The van der Waals surface area contributed by atoms with Crippen molar-refractivity contribution >= 4 is 217 Å². The smallest absolute Gasteiger partial charge is 0.0980 e. The minimum Gasteiger partial charge on any atom is -0.309 e. The molecule has 0 N–H and O–H groups in total. The van der Waals surface area contributed by atoms with Crippen molar-refractivity contribution in [1.82, 2.24) is 38.2 Å². The van der Waals surface area contributed by atoms with Crippen LogP contribution in [0.4, 0.5) is 0 Å². The minimum absolute atomic E-state index is 0.853. The number of nitrogens with zero attached hydrogens (tertiary/aromatic N) is 8. The molecule has 0 amide bonds. The Morgan fingerprint density at radius 2 is 0.485 bits per heavy atom. The van der Waals surface area contributed by atoms with Crippen molar-refractivity contribution in [2.75, 3.05) is 0 Å². The van der Waals surface area contributed by atoms with Crippen LogP contribution in [0.15, 0.2) is 461 Å². The van der Waals surface area contributed by atoms with Crippen LogP contribution in [0.3, 0.4) is 0 Å². The SMILES string of the molecule is c1ccc2cc3c(cc2c1)c1ccc(-n2c4ccccc4c4ccc5ccccc5c42)cc1n3-c1cc(-c2nc3ccccc3nc2-c2cc3ccccc3c3ccccc23)c2ccccc2c1.c1ccc2cc3c(cc2c1)c1ccc(-n2c4ccccc4c4ccc5ccccc5c42)cc1n3-c1cccc2c(-c3nc4ccccc4nc3-c3ccc4c(ccc5ccccc54)c3)cccc12. The second-order valence-corrected chi connectivity index (χ2v) is 36.2. The number of hydrogen-bond donors (Lipinski definition) is 0. The molecule has 0 radical (unpaired) electrons. The van der Waals surface area contributed by atoms with Gasteiger partial charge in [-0.3, -0.25) is 0 Å². The van der Waals surface area contributed by atoms with Gasteiger partial charge >= 0.3 is 0 Å². The molecule has 0 spiro atoms. The van der Waals surface area contributed by atoms with Crippen molar-refractivity contribution in [2.24, 2.45) is 0 Å². The van der Waals surface area contributed by atoms with Gasteiger partial charge in [0.2, 0.25) is 0 Å². The van der Waals surface area contributed by atoms with Crippen LogP contribution in [-0.2, 0) is 0 Å². The first-order valence-corrected chi connectivity index (χ1v) is 46.6. The Morgan fingerprint density at radius 1 is 0.140 bits per heavy atom. The number of rotatable bonds is 8. The molecule has 0 fully saturated rings. The van der Waals surface area contributed by atoms with Crippen molar-refractivity contribution in [3.8, 4) is 67.8 Å². The van der Waals surface area contributed by atoms with Gasteiger partial charge in [-0.15, -0.1) is 0 Å². The van der Waals surface area contributed by atoms with Gasteiger partial charge < -0.3 is 18.3 Å². The highest BCUT2D eigenvalue weighted by molar-refractivity contribution is 6.24. The minimum atomic E-state index is 0.853. The van der Waals surface area contributed by atoms with E-state index in [1.807, 2.05) is 12.1 Å². The van der Waals surface area contributed by atoms with E-state index in [0.29, 0.717) is 0 Å². The molecule has 0 aliphatic heterocycles. The largest absolute Gasteiger partial charge is 0.309 e. The lowest BCUT2D eigenvalue weighted by Gasteiger charge is -2.18. The fraction of sp³-hybridized carbons (Fsp3) is 0. The summed E-state index contributed by atoms with van der Waals surface area (Å²) in [4.78, 5) is 22.0. The number of fused-ring (bicyclic) bond motifs is 28. The first-order chi connectivity index (χ1) is 67.4. The molecule has 6 heterocycles.